The Balaban J connectivity index is 1.72. The van der Waals surface area contributed by atoms with E-state index in [1.54, 1.807) is 39.6 Å². The predicted octanol–water partition coefficient (Wildman–Crippen LogP) is 6.37. The fraction of sp³-hybridized carbons (Fsp3) is 0.120. The number of carboxylic acids is 1. The molecule has 0 aliphatic carbocycles. The quantitative estimate of drug-likeness (QED) is 0.215. The second-order valence-electron chi connectivity index (χ2n) is 8.21. The van der Waals surface area contributed by atoms with Gasteiger partial charge in [-0.25, -0.2) is 9.59 Å². The molecule has 0 aliphatic rings. The Hall–Kier alpha value is -3.37. The summed E-state index contributed by atoms with van der Waals surface area (Å²) in [5.74, 6) is -1.06. The van der Waals surface area contributed by atoms with E-state index in [4.69, 9.17) is 0 Å². The average molecular weight is 593 g/mol. The molecule has 1 N–H and O–H groups in total. The van der Waals surface area contributed by atoms with Gasteiger partial charge in [0.05, 0.1) is 30.5 Å². The van der Waals surface area contributed by atoms with Gasteiger partial charge in [-0.05, 0) is 49.5 Å². The summed E-state index contributed by atoms with van der Waals surface area (Å²) in [6.07, 6.45) is 1.07. The molecule has 0 saturated heterocycles. The lowest BCUT2D eigenvalue weighted by molar-refractivity contribution is -0.0881. The van der Waals surface area contributed by atoms with Crippen molar-refractivity contribution >= 4 is 29.5 Å². The standard InChI is InChI=1S/C25H20BrF2N2O6P/c26-22-12-18(6-7-21(22)16-37(34,35-27)36-28)14-30-23(19-8-10-20(11-9-19)24(31)32)15-29(25(30)33)13-17-4-2-1-3-5-17/h1-12,15H,13-14,16H2,(H,31,32). The van der Waals surface area contributed by atoms with Crippen molar-refractivity contribution in [2.45, 2.75) is 19.3 Å². The molecule has 1 aromatic heterocycles. The molecule has 1 heterocycles. The minimum Gasteiger partial charge on any atom is -0.478 e. The molecule has 0 atom stereocenters. The van der Waals surface area contributed by atoms with E-state index in [0.29, 0.717) is 27.8 Å². The van der Waals surface area contributed by atoms with E-state index < -0.39 is 19.7 Å². The summed E-state index contributed by atoms with van der Waals surface area (Å²) in [6.45, 7) is 0.462. The van der Waals surface area contributed by atoms with Crippen LogP contribution in [0.1, 0.15) is 27.0 Å². The van der Waals surface area contributed by atoms with Crippen LogP contribution in [0.2, 0.25) is 0 Å². The summed E-state index contributed by atoms with van der Waals surface area (Å²) in [5.41, 5.74) is 2.91. The number of rotatable bonds is 10. The summed E-state index contributed by atoms with van der Waals surface area (Å²) in [7, 11) is -4.57. The predicted molar refractivity (Wildman–Crippen MR) is 136 cm³/mol. The fourth-order valence-corrected chi connectivity index (χ4v) is 5.45. The van der Waals surface area contributed by atoms with Crippen LogP contribution in [0, 0.1) is 0 Å². The molecule has 0 saturated carbocycles. The van der Waals surface area contributed by atoms with Gasteiger partial charge in [0.25, 0.3) is 0 Å². The summed E-state index contributed by atoms with van der Waals surface area (Å²) in [6, 6.07) is 20.4. The van der Waals surface area contributed by atoms with Gasteiger partial charge in [-0.3, -0.25) is 13.7 Å². The smallest absolute Gasteiger partial charge is 0.399 e. The Bertz CT molecular complexity index is 1510. The number of carboxylic acid groups (broad SMARTS) is 1. The van der Waals surface area contributed by atoms with Crippen molar-refractivity contribution in [1.82, 2.24) is 9.13 Å². The van der Waals surface area contributed by atoms with Crippen molar-refractivity contribution < 1.29 is 33.0 Å². The Labute approximate surface area is 218 Å². The second-order valence-corrected chi connectivity index (χ2v) is 10.9. The molecule has 0 radical (unpaired) electrons. The Morgan fingerprint density at radius 3 is 2.22 bits per heavy atom. The van der Waals surface area contributed by atoms with Crippen LogP contribution < -0.4 is 5.69 Å². The van der Waals surface area contributed by atoms with Gasteiger partial charge in [0.1, 0.15) is 0 Å². The summed E-state index contributed by atoms with van der Waals surface area (Å²) in [5, 5.41) is 9.22. The number of hydrogen-bond donors (Lipinski definition) is 1. The molecular weight excluding hydrogens is 573 g/mol. The van der Waals surface area contributed by atoms with Crippen molar-refractivity contribution in [1.29, 1.82) is 0 Å². The summed E-state index contributed by atoms with van der Waals surface area (Å²) in [4.78, 5) is 24.7. The Morgan fingerprint density at radius 2 is 1.62 bits per heavy atom. The maximum absolute atomic E-state index is 13.4. The fourth-order valence-electron chi connectivity index (χ4n) is 3.86. The van der Waals surface area contributed by atoms with Crippen LogP contribution in [0.15, 0.2) is 88.3 Å². The number of benzene rings is 3. The highest BCUT2D eigenvalue weighted by atomic mass is 79.9. The van der Waals surface area contributed by atoms with Gasteiger partial charge in [-0.1, -0.05) is 70.5 Å². The number of nitrogens with zero attached hydrogens (tertiary/aromatic N) is 2. The van der Waals surface area contributed by atoms with E-state index in [-0.39, 0.29) is 23.4 Å². The van der Waals surface area contributed by atoms with Gasteiger partial charge >= 0.3 is 19.3 Å². The second kappa shape index (κ2) is 11.4. The Kier molecular flexibility index (Phi) is 8.19. The molecule has 3 aromatic carbocycles. The highest BCUT2D eigenvalue weighted by Gasteiger charge is 2.29. The number of halogens is 3. The van der Waals surface area contributed by atoms with Crippen LogP contribution >= 0.6 is 23.5 Å². The van der Waals surface area contributed by atoms with Crippen LogP contribution in [0.3, 0.4) is 0 Å². The lowest BCUT2D eigenvalue weighted by Gasteiger charge is -2.12. The van der Waals surface area contributed by atoms with Crippen LogP contribution in [-0.4, -0.2) is 20.2 Å². The maximum atomic E-state index is 13.4. The lowest BCUT2D eigenvalue weighted by atomic mass is 10.1. The first-order valence-electron chi connectivity index (χ1n) is 10.9. The highest BCUT2D eigenvalue weighted by molar-refractivity contribution is 9.10. The molecule has 0 unspecified atom stereocenters. The molecule has 4 aromatic rings. The zero-order chi connectivity index (χ0) is 26.6. The SMILES string of the molecule is O=C(O)c1ccc(-c2cn(Cc3ccccc3)c(=O)n2Cc2ccc(CP(=O)(OF)OF)c(Br)c2)cc1. The molecule has 4 rings (SSSR count). The molecule has 0 bridgehead atoms. The third-order valence-corrected chi connectivity index (χ3v) is 7.59. The molecule has 0 spiro atoms. The molecule has 0 fully saturated rings. The number of aromatic nitrogens is 2. The van der Waals surface area contributed by atoms with Gasteiger partial charge in [-0.15, -0.1) is 9.46 Å². The number of imidazole rings is 1. The molecular formula is C25H20BrF2N2O6P. The van der Waals surface area contributed by atoms with Crippen molar-refractivity contribution in [2.24, 2.45) is 0 Å². The summed E-state index contributed by atoms with van der Waals surface area (Å²) >= 11 is 3.30. The molecule has 0 aliphatic heterocycles. The number of carbonyl (C=O) groups is 1. The monoisotopic (exact) mass is 592 g/mol. The number of aromatic carboxylic acids is 1. The molecule has 12 heteroatoms. The topological polar surface area (TPSA) is 99.8 Å². The minimum atomic E-state index is -4.57. The zero-order valence-electron chi connectivity index (χ0n) is 19.1. The third kappa shape index (κ3) is 6.14. The van der Waals surface area contributed by atoms with E-state index >= 15 is 0 Å². The summed E-state index contributed by atoms with van der Waals surface area (Å²) < 4.78 is 46.6. The first-order valence-corrected chi connectivity index (χ1v) is 13.4. The molecule has 192 valence electrons. The maximum Gasteiger partial charge on any atom is 0.399 e. The van der Waals surface area contributed by atoms with Crippen molar-refractivity contribution in [3.8, 4) is 11.3 Å². The first kappa shape index (κ1) is 26.7. The molecule has 8 nitrogen and oxygen atoms in total. The number of hydrogen-bond acceptors (Lipinski definition) is 5. The highest BCUT2D eigenvalue weighted by Crippen LogP contribution is 2.53. The first-order chi connectivity index (χ1) is 17.7. The van der Waals surface area contributed by atoms with E-state index in [1.807, 2.05) is 30.3 Å². The van der Waals surface area contributed by atoms with Crippen molar-refractivity contribution in [3.05, 3.63) is 116 Å². The zero-order valence-corrected chi connectivity index (χ0v) is 21.6. The normalized spacial score (nSPS) is 11.5. The van der Waals surface area contributed by atoms with Crippen molar-refractivity contribution in [3.63, 3.8) is 0 Å². The van der Waals surface area contributed by atoms with Gasteiger partial charge in [0, 0.05) is 10.7 Å². The Morgan fingerprint density at radius 1 is 0.946 bits per heavy atom. The van der Waals surface area contributed by atoms with E-state index in [9.17, 15) is 28.3 Å². The van der Waals surface area contributed by atoms with Gasteiger partial charge in [0.15, 0.2) is 0 Å². The third-order valence-electron chi connectivity index (χ3n) is 5.70. The van der Waals surface area contributed by atoms with Crippen LogP contribution in [0.5, 0.6) is 0 Å². The van der Waals surface area contributed by atoms with E-state index in [0.717, 1.165) is 5.56 Å². The minimum absolute atomic E-state index is 0.118. The molecule has 37 heavy (non-hydrogen) atoms. The van der Waals surface area contributed by atoms with E-state index in [1.165, 1.54) is 18.2 Å². The largest absolute Gasteiger partial charge is 0.478 e. The van der Waals surface area contributed by atoms with Crippen LogP contribution in [0.4, 0.5) is 9.05 Å². The molecule has 0 amide bonds. The van der Waals surface area contributed by atoms with Crippen molar-refractivity contribution in [2.75, 3.05) is 0 Å². The van der Waals surface area contributed by atoms with Crippen LogP contribution in [0.25, 0.3) is 11.3 Å². The van der Waals surface area contributed by atoms with Gasteiger partial charge in [-0.2, -0.15) is 0 Å². The van der Waals surface area contributed by atoms with E-state index in [2.05, 4.69) is 25.4 Å². The lowest BCUT2D eigenvalue weighted by Crippen LogP contribution is -2.25. The van der Waals surface area contributed by atoms with Crippen LogP contribution in [-0.2, 0) is 33.3 Å². The average Bonchev–Trinajstić information content (AvgIpc) is 3.20. The van der Waals surface area contributed by atoms with Gasteiger partial charge < -0.3 is 5.11 Å². The van der Waals surface area contributed by atoms with Gasteiger partial charge in [0.2, 0.25) is 0 Å².